The van der Waals surface area contributed by atoms with E-state index in [0.717, 1.165) is 27.1 Å². The Morgan fingerprint density at radius 3 is 2.78 bits per heavy atom. The number of hydrogen-bond donors (Lipinski definition) is 1. The fourth-order valence-electron chi connectivity index (χ4n) is 1.55. The van der Waals surface area contributed by atoms with Crippen LogP contribution in [0.2, 0.25) is 5.02 Å². The van der Waals surface area contributed by atoms with Crippen LogP contribution in [0.4, 0.5) is 5.69 Å². The van der Waals surface area contributed by atoms with Gasteiger partial charge >= 0.3 is 0 Å². The molecule has 0 saturated heterocycles. The van der Waals surface area contributed by atoms with Gasteiger partial charge in [0.25, 0.3) is 0 Å². The second-order valence-electron chi connectivity index (χ2n) is 3.82. The standard InChI is InChI=1S/C14H14ClNOS/c1-17-12-5-6-13(16)14(8-12)18-9-10-3-2-4-11(15)7-10/h2-8H,9,16H2,1H3. The largest absolute Gasteiger partial charge is 0.497 e. The Morgan fingerprint density at radius 2 is 2.06 bits per heavy atom. The molecule has 2 aromatic carbocycles. The van der Waals surface area contributed by atoms with Crippen LogP contribution in [0.1, 0.15) is 5.56 Å². The molecule has 94 valence electrons. The van der Waals surface area contributed by atoms with E-state index < -0.39 is 0 Å². The first kappa shape index (κ1) is 13.1. The summed E-state index contributed by atoms with van der Waals surface area (Å²) in [6, 6.07) is 13.5. The molecule has 0 unspecified atom stereocenters. The van der Waals surface area contributed by atoms with E-state index in [2.05, 4.69) is 6.07 Å². The molecule has 4 heteroatoms. The van der Waals surface area contributed by atoms with Gasteiger partial charge in [0.15, 0.2) is 0 Å². The Kier molecular flexibility index (Phi) is 4.39. The zero-order chi connectivity index (χ0) is 13.0. The summed E-state index contributed by atoms with van der Waals surface area (Å²) >= 11 is 7.63. The summed E-state index contributed by atoms with van der Waals surface area (Å²) < 4.78 is 5.19. The summed E-state index contributed by atoms with van der Waals surface area (Å²) in [5.74, 6) is 1.65. The Morgan fingerprint density at radius 1 is 1.22 bits per heavy atom. The van der Waals surface area contributed by atoms with E-state index in [1.165, 1.54) is 5.56 Å². The molecule has 0 spiro atoms. The minimum atomic E-state index is 0.756. The molecule has 0 bridgehead atoms. The zero-order valence-corrected chi connectivity index (χ0v) is 11.6. The van der Waals surface area contributed by atoms with Crippen LogP contribution in [0, 0.1) is 0 Å². The van der Waals surface area contributed by atoms with Crippen LogP contribution < -0.4 is 10.5 Å². The van der Waals surface area contributed by atoms with Gasteiger partial charge in [0, 0.05) is 21.4 Å². The van der Waals surface area contributed by atoms with Crippen LogP contribution in [0.25, 0.3) is 0 Å². The van der Waals surface area contributed by atoms with Crippen molar-refractivity contribution < 1.29 is 4.74 Å². The third-order valence-electron chi connectivity index (χ3n) is 2.50. The number of nitrogen functional groups attached to an aromatic ring is 1. The highest BCUT2D eigenvalue weighted by Gasteiger charge is 2.03. The van der Waals surface area contributed by atoms with Gasteiger partial charge in [0.2, 0.25) is 0 Å². The van der Waals surface area contributed by atoms with E-state index in [-0.39, 0.29) is 0 Å². The van der Waals surface area contributed by atoms with Gasteiger partial charge < -0.3 is 10.5 Å². The van der Waals surface area contributed by atoms with Gasteiger partial charge in [-0.05, 0) is 35.9 Å². The lowest BCUT2D eigenvalue weighted by molar-refractivity contribution is 0.414. The van der Waals surface area contributed by atoms with Crippen molar-refractivity contribution in [3.05, 3.63) is 53.1 Å². The lowest BCUT2D eigenvalue weighted by Gasteiger charge is -2.08. The molecule has 0 aliphatic carbocycles. The first-order valence-corrected chi connectivity index (χ1v) is 6.86. The van der Waals surface area contributed by atoms with Gasteiger partial charge in [-0.15, -0.1) is 11.8 Å². The number of halogens is 1. The topological polar surface area (TPSA) is 35.2 Å². The minimum absolute atomic E-state index is 0.756. The summed E-state index contributed by atoms with van der Waals surface area (Å²) in [7, 11) is 1.65. The molecule has 2 aromatic rings. The first-order chi connectivity index (χ1) is 8.69. The highest BCUT2D eigenvalue weighted by molar-refractivity contribution is 7.98. The van der Waals surface area contributed by atoms with Crippen LogP contribution in [-0.4, -0.2) is 7.11 Å². The fraction of sp³-hybridized carbons (Fsp3) is 0.143. The average Bonchev–Trinajstić information content (AvgIpc) is 2.38. The van der Waals surface area contributed by atoms with Crippen molar-refractivity contribution in [3.8, 4) is 5.75 Å². The number of benzene rings is 2. The van der Waals surface area contributed by atoms with Gasteiger partial charge in [-0.25, -0.2) is 0 Å². The van der Waals surface area contributed by atoms with Gasteiger partial charge in [-0.1, -0.05) is 23.7 Å². The predicted octanol–water partition coefficient (Wildman–Crippen LogP) is 4.22. The second kappa shape index (κ2) is 6.03. The van der Waals surface area contributed by atoms with Crippen molar-refractivity contribution in [2.45, 2.75) is 10.6 Å². The molecule has 2 rings (SSSR count). The van der Waals surface area contributed by atoms with E-state index in [9.17, 15) is 0 Å². The van der Waals surface area contributed by atoms with Crippen LogP contribution in [0.5, 0.6) is 5.75 Å². The summed E-state index contributed by atoms with van der Waals surface area (Å²) in [6.45, 7) is 0. The third-order valence-corrected chi connectivity index (χ3v) is 3.88. The number of methoxy groups -OCH3 is 1. The molecule has 0 fully saturated rings. The minimum Gasteiger partial charge on any atom is -0.497 e. The number of nitrogens with two attached hydrogens (primary N) is 1. The zero-order valence-electron chi connectivity index (χ0n) is 10.0. The molecule has 18 heavy (non-hydrogen) atoms. The lowest BCUT2D eigenvalue weighted by atomic mass is 10.2. The van der Waals surface area contributed by atoms with Crippen molar-refractivity contribution in [1.82, 2.24) is 0 Å². The maximum Gasteiger partial charge on any atom is 0.120 e. The molecule has 2 N–H and O–H groups in total. The molecule has 0 aliphatic heterocycles. The van der Waals surface area contributed by atoms with E-state index >= 15 is 0 Å². The lowest BCUT2D eigenvalue weighted by Crippen LogP contribution is -1.91. The number of rotatable bonds is 4. The maximum atomic E-state index is 5.95. The molecule has 0 radical (unpaired) electrons. The summed E-state index contributed by atoms with van der Waals surface area (Å²) in [5.41, 5.74) is 7.88. The van der Waals surface area contributed by atoms with E-state index in [4.69, 9.17) is 22.1 Å². The molecular weight excluding hydrogens is 266 g/mol. The first-order valence-electron chi connectivity index (χ1n) is 5.50. The van der Waals surface area contributed by atoms with E-state index in [1.54, 1.807) is 18.9 Å². The monoisotopic (exact) mass is 279 g/mol. The average molecular weight is 280 g/mol. The molecular formula is C14H14ClNOS. The quantitative estimate of drug-likeness (QED) is 0.672. The molecule has 0 saturated carbocycles. The number of anilines is 1. The maximum absolute atomic E-state index is 5.95. The number of hydrogen-bond acceptors (Lipinski definition) is 3. The summed E-state index contributed by atoms with van der Waals surface area (Å²) in [5, 5.41) is 0.756. The second-order valence-corrected chi connectivity index (χ2v) is 5.28. The Hall–Kier alpha value is -1.32. The van der Waals surface area contributed by atoms with Crippen molar-refractivity contribution in [1.29, 1.82) is 0 Å². The third kappa shape index (κ3) is 3.34. The van der Waals surface area contributed by atoms with Crippen LogP contribution in [0.3, 0.4) is 0 Å². The Bertz CT molecular complexity index is 545. The molecule has 0 aromatic heterocycles. The highest BCUT2D eigenvalue weighted by Crippen LogP contribution is 2.31. The molecule has 0 amide bonds. The SMILES string of the molecule is COc1ccc(N)c(SCc2cccc(Cl)c2)c1. The predicted molar refractivity (Wildman–Crippen MR) is 78.4 cm³/mol. The van der Waals surface area contributed by atoms with Gasteiger partial charge in [-0.2, -0.15) is 0 Å². The molecule has 0 aliphatic rings. The van der Waals surface area contributed by atoms with Crippen LogP contribution in [0.15, 0.2) is 47.4 Å². The van der Waals surface area contributed by atoms with Gasteiger partial charge in [0.1, 0.15) is 5.75 Å². The van der Waals surface area contributed by atoms with Crippen molar-refractivity contribution in [2.75, 3.05) is 12.8 Å². The molecule has 0 atom stereocenters. The summed E-state index contributed by atoms with van der Waals surface area (Å²) in [4.78, 5) is 1.02. The number of thioether (sulfide) groups is 1. The normalized spacial score (nSPS) is 10.3. The van der Waals surface area contributed by atoms with Gasteiger partial charge in [-0.3, -0.25) is 0 Å². The number of ether oxygens (including phenoxy) is 1. The van der Waals surface area contributed by atoms with Crippen molar-refractivity contribution in [3.63, 3.8) is 0 Å². The van der Waals surface area contributed by atoms with E-state index in [0.29, 0.717) is 0 Å². The van der Waals surface area contributed by atoms with Crippen LogP contribution >= 0.6 is 23.4 Å². The molecule has 2 nitrogen and oxygen atoms in total. The highest BCUT2D eigenvalue weighted by atomic mass is 35.5. The Labute approximate surface area is 116 Å². The fourth-order valence-corrected chi connectivity index (χ4v) is 2.70. The van der Waals surface area contributed by atoms with Crippen molar-refractivity contribution >= 4 is 29.1 Å². The smallest absolute Gasteiger partial charge is 0.120 e. The van der Waals surface area contributed by atoms with Crippen LogP contribution in [-0.2, 0) is 5.75 Å². The molecule has 0 heterocycles. The summed E-state index contributed by atoms with van der Waals surface area (Å²) in [6.07, 6.45) is 0. The van der Waals surface area contributed by atoms with Gasteiger partial charge in [0.05, 0.1) is 7.11 Å². The Balaban J connectivity index is 2.10. The van der Waals surface area contributed by atoms with E-state index in [1.807, 2.05) is 36.4 Å². The van der Waals surface area contributed by atoms with Crippen molar-refractivity contribution in [2.24, 2.45) is 0 Å².